The van der Waals surface area contributed by atoms with Gasteiger partial charge >= 0.3 is 0 Å². The molecule has 0 unspecified atom stereocenters. The van der Waals surface area contributed by atoms with E-state index in [9.17, 15) is 4.79 Å². The van der Waals surface area contributed by atoms with Crippen molar-refractivity contribution in [2.24, 2.45) is 5.92 Å². The number of benzene rings is 1. The van der Waals surface area contributed by atoms with E-state index < -0.39 is 0 Å². The van der Waals surface area contributed by atoms with Crippen LogP contribution in [0.1, 0.15) is 29.9 Å². The summed E-state index contributed by atoms with van der Waals surface area (Å²) in [5, 5.41) is 3.47. The maximum Gasteiger partial charge on any atom is 0.138 e. The first-order chi connectivity index (χ1) is 8.84. The van der Waals surface area contributed by atoms with E-state index in [1.54, 1.807) is 0 Å². The minimum atomic E-state index is 0.255. The van der Waals surface area contributed by atoms with Crippen LogP contribution in [-0.4, -0.2) is 25.4 Å². The third-order valence-electron chi connectivity index (χ3n) is 4.76. The molecule has 1 fully saturated rings. The highest BCUT2D eigenvalue weighted by Gasteiger charge is 2.42. The van der Waals surface area contributed by atoms with Crippen molar-refractivity contribution in [3.63, 3.8) is 0 Å². The largest absolute Gasteiger partial charge is 0.369 e. The Kier molecular flexibility index (Phi) is 2.24. The molecule has 0 saturated heterocycles. The monoisotopic (exact) mass is 242 g/mol. The van der Waals surface area contributed by atoms with Crippen LogP contribution < -0.4 is 10.2 Å². The predicted molar refractivity (Wildman–Crippen MR) is 70.8 cm³/mol. The van der Waals surface area contributed by atoms with Crippen LogP contribution in [0.2, 0.25) is 0 Å². The zero-order chi connectivity index (χ0) is 12.1. The fraction of sp³-hybridized carbons (Fsp3) is 0.533. The molecule has 2 aliphatic heterocycles. The molecule has 1 aliphatic carbocycles. The number of anilines is 1. The van der Waals surface area contributed by atoms with E-state index >= 15 is 0 Å². The smallest absolute Gasteiger partial charge is 0.138 e. The lowest BCUT2D eigenvalue weighted by Crippen LogP contribution is -2.40. The maximum absolute atomic E-state index is 12.0. The Morgan fingerprint density at radius 2 is 2.22 bits per heavy atom. The molecule has 4 rings (SSSR count). The number of hydrogen-bond donors (Lipinski definition) is 1. The highest BCUT2D eigenvalue weighted by atomic mass is 16.1. The molecule has 1 N–H and O–H groups in total. The van der Waals surface area contributed by atoms with Gasteiger partial charge in [0.25, 0.3) is 0 Å². The van der Waals surface area contributed by atoms with Crippen molar-refractivity contribution in [2.75, 3.05) is 24.5 Å². The van der Waals surface area contributed by atoms with Crippen molar-refractivity contribution in [3.05, 3.63) is 29.3 Å². The van der Waals surface area contributed by atoms with Gasteiger partial charge in [0.05, 0.1) is 0 Å². The topological polar surface area (TPSA) is 32.3 Å². The van der Waals surface area contributed by atoms with E-state index in [0.717, 1.165) is 39.0 Å². The van der Waals surface area contributed by atoms with Crippen LogP contribution in [-0.2, 0) is 11.3 Å². The van der Waals surface area contributed by atoms with Crippen LogP contribution in [0.25, 0.3) is 0 Å². The Balaban J connectivity index is 1.88. The fourth-order valence-electron chi connectivity index (χ4n) is 3.92. The van der Waals surface area contributed by atoms with Crippen molar-refractivity contribution < 1.29 is 4.79 Å². The Labute approximate surface area is 107 Å². The summed E-state index contributed by atoms with van der Waals surface area (Å²) in [6, 6.07) is 6.62. The molecule has 0 bridgehead atoms. The normalized spacial score (nSPS) is 29.8. The Hall–Kier alpha value is -1.35. The average Bonchev–Trinajstić information content (AvgIpc) is 2.64. The van der Waals surface area contributed by atoms with Crippen LogP contribution in [0.5, 0.6) is 0 Å². The first-order valence-corrected chi connectivity index (χ1v) is 6.95. The molecule has 94 valence electrons. The SMILES string of the molecule is O=C1CC[C@@H]2c3cccc4c3N(CCNC4)C[C@H]12. The molecule has 1 aromatic rings. The van der Waals surface area contributed by atoms with Gasteiger partial charge in [-0.1, -0.05) is 18.2 Å². The van der Waals surface area contributed by atoms with Crippen molar-refractivity contribution in [2.45, 2.75) is 25.3 Å². The highest BCUT2D eigenvalue weighted by molar-refractivity contribution is 5.87. The van der Waals surface area contributed by atoms with Gasteiger partial charge in [0.15, 0.2) is 0 Å². The van der Waals surface area contributed by atoms with Crippen molar-refractivity contribution in [3.8, 4) is 0 Å². The third-order valence-corrected chi connectivity index (χ3v) is 4.76. The number of carbonyl (C=O) groups excluding carboxylic acids is 1. The average molecular weight is 242 g/mol. The number of Topliss-reactive ketones (excluding diaryl/α,β-unsaturated/α-hetero) is 1. The lowest BCUT2D eigenvalue weighted by atomic mass is 9.82. The molecule has 0 amide bonds. The first-order valence-electron chi connectivity index (χ1n) is 6.95. The molecular formula is C15H18N2O. The van der Waals surface area contributed by atoms with E-state index in [2.05, 4.69) is 28.4 Å². The first kappa shape index (κ1) is 10.6. The number of carbonyl (C=O) groups is 1. The maximum atomic E-state index is 12.0. The van der Waals surface area contributed by atoms with Crippen molar-refractivity contribution >= 4 is 11.5 Å². The van der Waals surface area contributed by atoms with E-state index in [1.807, 2.05) is 0 Å². The second-order valence-corrected chi connectivity index (χ2v) is 5.70. The van der Waals surface area contributed by atoms with Crippen LogP contribution in [0, 0.1) is 5.92 Å². The molecule has 18 heavy (non-hydrogen) atoms. The molecule has 3 nitrogen and oxygen atoms in total. The highest BCUT2D eigenvalue weighted by Crippen LogP contribution is 2.47. The predicted octanol–water partition coefficient (Wildman–Crippen LogP) is 1.67. The molecule has 1 aromatic carbocycles. The summed E-state index contributed by atoms with van der Waals surface area (Å²) in [5.74, 6) is 1.22. The van der Waals surface area contributed by atoms with E-state index in [-0.39, 0.29) is 5.92 Å². The van der Waals surface area contributed by atoms with Crippen LogP contribution in [0.15, 0.2) is 18.2 Å². The van der Waals surface area contributed by atoms with Gasteiger partial charge in [-0.3, -0.25) is 4.79 Å². The summed E-state index contributed by atoms with van der Waals surface area (Å²) < 4.78 is 0. The summed E-state index contributed by atoms with van der Waals surface area (Å²) in [7, 11) is 0. The van der Waals surface area contributed by atoms with E-state index in [4.69, 9.17) is 0 Å². The number of hydrogen-bond acceptors (Lipinski definition) is 3. The second kappa shape index (κ2) is 3.82. The summed E-state index contributed by atoms with van der Waals surface area (Å²) >= 11 is 0. The molecule has 1 saturated carbocycles. The number of nitrogens with zero attached hydrogens (tertiary/aromatic N) is 1. The quantitative estimate of drug-likeness (QED) is 0.751. The molecule has 2 heterocycles. The number of para-hydroxylation sites is 1. The van der Waals surface area contributed by atoms with Gasteiger partial charge in [-0.15, -0.1) is 0 Å². The Morgan fingerprint density at radius 3 is 3.17 bits per heavy atom. The van der Waals surface area contributed by atoms with E-state index in [1.165, 1.54) is 16.8 Å². The number of ketones is 1. The van der Waals surface area contributed by atoms with Gasteiger partial charge in [-0.2, -0.15) is 0 Å². The van der Waals surface area contributed by atoms with Gasteiger partial charge in [-0.25, -0.2) is 0 Å². The zero-order valence-electron chi connectivity index (χ0n) is 10.5. The number of nitrogens with one attached hydrogen (secondary N) is 1. The Bertz CT molecular complexity index is 511. The zero-order valence-corrected chi connectivity index (χ0v) is 10.5. The van der Waals surface area contributed by atoms with Crippen LogP contribution in [0.4, 0.5) is 5.69 Å². The summed E-state index contributed by atoms with van der Waals surface area (Å²) in [6.45, 7) is 3.94. The lowest BCUT2D eigenvalue weighted by Gasteiger charge is -2.38. The second-order valence-electron chi connectivity index (χ2n) is 5.70. The minimum absolute atomic E-state index is 0.255. The standard InChI is InChI=1S/C15H18N2O/c18-14-5-4-11-12-3-1-2-10-8-16-6-7-17(15(10)12)9-13(11)14/h1-3,11,13,16H,4-9H2/t11-,13+/m1/s1. The molecule has 2 atom stereocenters. The molecule has 3 aliphatic rings. The number of fused-ring (bicyclic) bond motifs is 2. The molecule has 3 heteroatoms. The fourth-order valence-corrected chi connectivity index (χ4v) is 3.92. The van der Waals surface area contributed by atoms with Crippen LogP contribution >= 0.6 is 0 Å². The van der Waals surface area contributed by atoms with E-state index in [0.29, 0.717) is 11.7 Å². The molecule has 0 radical (unpaired) electrons. The Morgan fingerprint density at radius 1 is 1.28 bits per heavy atom. The van der Waals surface area contributed by atoms with Gasteiger partial charge in [0.2, 0.25) is 0 Å². The van der Waals surface area contributed by atoms with Crippen molar-refractivity contribution in [1.29, 1.82) is 0 Å². The molecule has 0 aromatic heterocycles. The summed E-state index contributed by atoms with van der Waals surface area (Å²) in [6.07, 6.45) is 1.84. The summed E-state index contributed by atoms with van der Waals surface area (Å²) in [4.78, 5) is 14.5. The van der Waals surface area contributed by atoms with Crippen LogP contribution in [0.3, 0.4) is 0 Å². The van der Waals surface area contributed by atoms with Gasteiger partial charge in [0, 0.05) is 44.2 Å². The summed E-state index contributed by atoms with van der Waals surface area (Å²) in [5.41, 5.74) is 4.26. The van der Waals surface area contributed by atoms with Gasteiger partial charge in [0.1, 0.15) is 5.78 Å². The van der Waals surface area contributed by atoms with Gasteiger partial charge < -0.3 is 10.2 Å². The van der Waals surface area contributed by atoms with Gasteiger partial charge in [-0.05, 0) is 23.5 Å². The molecular weight excluding hydrogens is 224 g/mol. The minimum Gasteiger partial charge on any atom is -0.369 e. The molecule has 0 spiro atoms. The number of rotatable bonds is 0. The lowest BCUT2D eigenvalue weighted by molar-refractivity contribution is -0.120. The third kappa shape index (κ3) is 1.37. The van der Waals surface area contributed by atoms with Crippen molar-refractivity contribution in [1.82, 2.24) is 5.32 Å².